The number of amides is 1. The molecule has 0 saturated carbocycles. The van der Waals surface area contributed by atoms with Crippen molar-refractivity contribution in [3.8, 4) is 5.75 Å². The lowest BCUT2D eigenvalue weighted by molar-refractivity contribution is -0.120. The van der Waals surface area contributed by atoms with Crippen molar-refractivity contribution in [2.45, 2.75) is 33.6 Å². The van der Waals surface area contributed by atoms with E-state index in [4.69, 9.17) is 4.74 Å². The highest BCUT2D eigenvalue weighted by atomic mass is 32.2. The molecule has 1 heterocycles. The fourth-order valence-electron chi connectivity index (χ4n) is 2.62. The van der Waals surface area contributed by atoms with Crippen LogP contribution < -0.4 is 15.4 Å². The van der Waals surface area contributed by atoms with Gasteiger partial charge in [-0.05, 0) is 55.3 Å². The van der Waals surface area contributed by atoms with Crippen LogP contribution in [0.1, 0.15) is 12.5 Å². The zero-order valence-corrected chi connectivity index (χ0v) is 19.8. The second-order valence-corrected chi connectivity index (χ2v) is 10.2. The number of ether oxygens (including phenoxy) is 1. The summed E-state index contributed by atoms with van der Waals surface area (Å²) in [6.07, 6.45) is 0.731. The molecule has 1 unspecified atom stereocenters. The molecule has 6 nitrogen and oxygen atoms in total. The van der Waals surface area contributed by atoms with Crippen LogP contribution in [0.25, 0.3) is 0 Å². The van der Waals surface area contributed by atoms with Crippen LogP contribution in [0, 0.1) is 0 Å². The van der Waals surface area contributed by atoms with Crippen LogP contribution in [-0.4, -0.2) is 40.8 Å². The first-order valence-corrected chi connectivity index (χ1v) is 12.2. The van der Waals surface area contributed by atoms with Crippen molar-refractivity contribution >= 4 is 51.6 Å². The molecule has 0 aliphatic carbocycles. The molecule has 1 atom stereocenters. The predicted molar refractivity (Wildman–Crippen MR) is 127 cm³/mol. The van der Waals surface area contributed by atoms with Gasteiger partial charge in [0.25, 0.3) is 5.76 Å². The number of benzene rings is 2. The number of nitrogens with zero attached hydrogens (tertiary/aromatic N) is 2. The van der Waals surface area contributed by atoms with Crippen molar-refractivity contribution in [3.63, 3.8) is 0 Å². The molecule has 1 amide bonds. The molecule has 0 radical (unpaired) electrons. The fraction of sp³-hybridized carbons (Fsp3) is 0.286. The Labute approximate surface area is 197 Å². The smallest absolute Gasteiger partial charge is 0.288 e. The standard InChI is InChI=1S/C21H22F2N4O2S3/c1-13(18(28)24-12-11-14-3-7-16(29-2)8-4-14)30-21-27-26-20(32-21)25-15-5-9-17(10-6-15)31-19(22)23/h3-10,13,19H,11-12H2,1-2H3,(H,24,28)(H,25,26). The number of methoxy groups -OCH3 is 1. The van der Waals surface area contributed by atoms with Crippen molar-refractivity contribution in [2.75, 3.05) is 19.0 Å². The van der Waals surface area contributed by atoms with Gasteiger partial charge in [0.2, 0.25) is 11.0 Å². The van der Waals surface area contributed by atoms with E-state index in [2.05, 4.69) is 20.8 Å². The van der Waals surface area contributed by atoms with Gasteiger partial charge in [-0.2, -0.15) is 8.78 Å². The highest BCUT2D eigenvalue weighted by Crippen LogP contribution is 2.31. The summed E-state index contributed by atoms with van der Waals surface area (Å²) in [5.74, 6) is -1.71. The van der Waals surface area contributed by atoms with Gasteiger partial charge in [-0.25, -0.2) is 0 Å². The van der Waals surface area contributed by atoms with Gasteiger partial charge in [0.1, 0.15) is 5.75 Å². The first kappa shape index (κ1) is 24.3. The quantitative estimate of drug-likeness (QED) is 0.342. The maximum Gasteiger partial charge on any atom is 0.288 e. The SMILES string of the molecule is COc1ccc(CCNC(=O)C(C)Sc2nnc(Nc3ccc(SC(F)F)cc3)s2)cc1. The van der Waals surface area contributed by atoms with Crippen molar-refractivity contribution in [2.24, 2.45) is 0 Å². The van der Waals surface area contributed by atoms with Gasteiger partial charge in [0.15, 0.2) is 4.34 Å². The van der Waals surface area contributed by atoms with E-state index in [1.165, 1.54) is 23.1 Å². The number of rotatable bonds is 11. The van der Waals surface area contributed by atoms with E-state index >= 15 is 0 Å². The van der Waals surface area contributed by atoms with Crippen LogP contribution in [0.15, 0.2) is 57.8 Å². The monoisotopic (exact) mass is 496 g/mol. The maximum atomic E-state index is 12.4. The van der Waals surface area contributed by atoms with E-state index in [1.807, 2.05) is 31.2 Å². The Morgan fingerprint density at radius 1 is 1.09 bits per heavy atom. The molecule has 2 aromatic carbocycles. The molecule has 0 saturated heterocycles. The van der Waals surface area contributed by atoms with E-state index in [0.29, 0.717) is 32.7 Å². The molecule has 170 valence electrons. The van der Waals surface area contributed by atoms with E-state index in [1.54, 1.807) is 31.4 Å². The molecular formula is C21H22F2N4O2S3. The lowest BCUT2D eigenvalue weighted by Crippen LogP contribution is -2.32. The van der Waals surface area contributed by atoms with Gasteiger partial charge >= 0.3 is 0 Å². The van der Waals surface area contributed by atoms with E-state index < -0.39 is 5.76 Å². The average molecular weight is 497 g/mol. The topological polar surface area (TPSA) is 76.1 Å². The first-order valence-electron chi connectivity index (χ1n) is 9.65. The van der Waals surface area contributed by atoms with Gasteiger partial charge < -0.3 is 15.4 Å². The van der Waals surface area contributed by atoms with E-state index in [0.717, 1.165) is 23.4 Å². The summed E-state index contributed by atoms with van der Waals surface area (Å²) >= 11 is 3.16. The van der Waals surface area contributed by atoms with E-state index in [9.17, 15) is 13.6 Å². The molecule has 2 N–H and O–H groups in total. The molecule has 0 spiro atoms. The first-order chi connectivity index (χ1) is 15.4. The maximum absolute atomic E-state index is 12.4. The zero-order chi connectivity index (χ0) is 22.9. The molecule has 3 rings (SSSR count). The summed E-state index contributed by atoms with van der Waals surface area (Å²) in [7, 11) is 1.63. The van der Waals surface area contributed by atoms with Crippen molar-refractivity contribution < 1.29 is 18.3 Å². The van der Waals surface area contributed by atoms with Gasteiger partial charge in [0, 0.05) is 17.1 Å². The molecule has 11 heteroatoms. The summed E-state index contributed by atoms with van der Waals surface area (Å²) in [5.41, 5.74) is 1.84. The number of hydrogen-bond acceptors (Lipinski definition) is 8. The Balaban J connectivity index is 1.43. The third-order valence-corrected chi connectivity index (χ3v) is 7.00. The number of hydrogen-bond donors (Lipinski definition) is 2. The summed E-state index contributed by atoms with van der Waals surface area (Å²) in [4.78, 5) is 12.9. The Hall–Kier alpha value is -2.37. The molecule has 0 bridgehead atoms. The number of anilines is 2. The highest BCUT2D eigenvalue weighted by Gasteiger charge is 2.17. The molecule has 0 fully saturated rings. The number of nitrogens with one attached hydrogen (secondary N) is 2. The molecule has 32 heavy (non-hydrogen) atoms. The number of carbonyl (C=O) groups is 1. The summed E-state index contributed by atoms with van der Waals surface area (Å²) < 4.78 is 30.6. The zero-order valence-electron chi connectivity index (χ0n) is 17.4. The third kappa shape index (κ3) is 7.64. The minimum atomic E-state index is -2.45. The van der Waals surface area contributed by atoms with Gasteiger partial charge in [0.05, 0.1) is 12.4 Å². The fourth-order valence-corrected chi connectivity index (χ4v) is 5.06. The molecule has 3 aromatic rings. The average Bonchev–Trinajstić information content (AvgIpc) is 3.21. The molecule has 1 aromatic heterocycles. The van der Waals surface area contributed by atoms with Crippen LogP contribution >= 0.6 is 34.9 Å². The van der Waals surface area contributed by atoms with Crippen LogP contribution in [0.2, 0.25) is 0 Å². The minimum absolute atomic E-state index is 0.0691. The number of alkyl halides is 2. The third-order valence-electron chi connectivity index (χ3n) is 4.26. The molecular weight excluding hydrogens is 474 g/mol. The normalized spacial score (nSPS) is 11.9. The summed E-state index contributed by atoms with van der Waals surface area (Å²) in [6.45, 7) is 2.36. The van der Waals surface area contributed by atoms with Gasteiger partial charge in [-0.3, -0.25) is 4.79 Å². The van der Waals surface area contributed by atoms with Crippen molar-refractivity contribution in [3.05, 3.63) is 54.1 Å². The lowest BCUT2D eigenvalue weighted by Gasteiger charge is -2.10. The van der Waals surface area contributed by atoms with Crippen LogP contribution in [-0.2, 0) is 11.2 Å². The highest BCUT2D eigenvalue weighted by molar-refractivity contribution is 8.02. The Morgan fingerprint density at radius 2 is 1.81 bits per heavy atom. The number of aromatic nitrogens is 2. The van der Waals surface area contributed by atoms with Gasteiger partial charge in [-0.15, -0.1) is 10.2 Å². The Kier molecular flexibility index (Phi) is 9.12. The van der Waals surface area contributed by atoms with Crippen LogP contribution in [0.4, 0.5) is 19.6 Å². The lowest BCUT2D eigenvalue weighted by atomic mass is 10.1. The predicted octanol–water partition coefficient (Wildman–Crippen LogP) is 5.44. The number of thioether (sulfide) groups is 2. The number of carbonyl (C=O) groups excluding carboxylic acids is 1. The minimum Gasteiger partial charge on any atom is -0.497 e. The molecule has 0 aliphatic heterocycles. The van der Waals surface area contributed by atoms with Crippen LogP contribution in [0.5, 0.6) is 5.75 Å². The second-order valence-electron chi connectivity index (χ2n) is 6.55. The largest absolute Gasteiger partial charge is 0.497 e. The second kappa shape index (κ2) is 12.0. The summed E-state index contributed by atoms with van der Waals surface area (Å²) in [6, 6.07) is 14.4. The Morgan fingerprint density at radius 3 is 2.47 bits per heavy atom. The van der Waals surface area contributed by atoms with Crippen molar-refractivity contribution in [1.29, 1.82) is 0 Å². The van der Waals surface area contributed by atoms with Gasteiger partial charge in [-0.1, -0.05) is 47.0 Å². The van der Waals surface area contributed by atoms with Crippen molar-refractivity contribution in [1.82, 2.24) is 15.5 Å². The summed E-state index contributed by atoms with van der Waals surface area (Å²) in [5, 5.41) is 14.5. The Bertz CT molecular complexity index is 1000. The van der Waals surface area contributed by atoms with Crippen LogP contribution in [0.3, 0.4) is 0 Å². The molecule has 0 aliphatic rings. The van der Waals surface area contributed by atoms with E-state index in [-0.39, 0.29) is 11.2 Å². The number of halogens is 2.